The van der Waals surface area contributed by atoms with Crippen molar-refractivity contribution in [3.8, 4) is 0 Å². The number of imidazole rings is 1. The molecule has 34 heavy (non-hydrogen) atoms. The number of hydrogen-bond donors (Lipinski definition) is 1. The number of anilines is 1. The molecule has 1 N–H and O–H groups in total. The van der Waals surface area contributed by atoms with Crippen LogP contribution in [0.3, 0.4) is 0 Å². The number of alkyl halides is 3. The summed E-state index contributed by atoms with van der Waals surface area (Å²) in [4.78, 5) is 32.9. The number of fused-ring (bicyclic) bond motifs is 1. The molecule has 12 heteroatoms. The van der Waals surface area contributed by atoms with Crippen molar-refractivity contribution in [3.63, 3.8) is 0 Å². The Morgan fingerprint density at radius 1 is 1.03 bits per heavy atom. The van der Waals surface area contributed by atoms with E-state index < -0.39 is 30.4 Å². The van der Waals surface area contributed by atoms with Crippen molar-refractivity contribution < 1.29 is 22.8 Å². The monoisotopic (exact) mass is 513 g/mol. The molecule has 1 saturated heterocycles. The summed E-state index contributed by atoms with van der Waals surface area (Å²) in [6.45, 7) is 1.63. The van der Waals surface area contributed by atoms with Gasteiger partial charge in [0.05, 0.1) is 26.8 Å². The number of benzene rings is 2. The third-order valence-corrected chi connectivity index (χ3v) is 6.25. The van der Waals surface area contributed by atoms with Crippen molar-refractivity contribution in [2.24, 2.45) is 0 Å². The van der Waals surface area contributed by atoms with Gasteiger partial charge < -0.3 is 19.7 Å². The molecule has 1 fully saturated rings. The first kappa shape index (κ1) is 24.3. The van der Waals surface area contributed by atoms with E-state index in [9.17, 15) is 22.8 Å². The number of halogens is 5. The van der Waals surface area contributed by atoms with E-state index in [2.05, 4.69) is 10.3 Å². The van der Waals surface area contributed by atoms with Crippen LogP contribution in [0.25, 0.3) is 11.0 Å². The average molecular weight is 514 g/mol. The van der Waals surface area contributed by atoms with E-state index in [1.54, 1.807) is 6.07 Å². The Labute approximate surface area is 203 Å². The fourth-order valence-electron chi connectivity index (χ4n) is 3.81. The number of nitrogens with zero attached hydrogens (tertiary/aromatic N) is 4. The van der Waals surface area contributed by atoms with E-state index >= 15 is 0 Å². The number of para-hydroxylation sites is 1. The Morgan fingerprint density at radius 2 is 1.65 bits per heavy atom. The van der Waals surface area contributed by atoms with E-state index in [1.807, 2.05) is 11.9 Å². The van der Waals surface area contributed by atoms with Gasteiger partial charge in [0.25, 0.3) is 5.91 Å². The van der Waals surface area contributed by atoms with Crippen molar-refractivity contribution in [1.29, 1.82) is 0 Å². The molecule has 4 rings (SSSR count). The molecule has 2 aromatic carbocycles. The molecule has 3 aromatic rings. The number of rotatable bonds is 4. The number of piperazine rings is 1. The Kier molecular flexibility index (Phi) is 6.75. The number of aromatic nitrogens is 2. The molecule has 0 aliphatic carbocycles. The standard InChI is InChI=1S/C22H20Cl2F3N5O2/c1-30-8-10-31(11-9-30)17(33)12-32-16-7-3-6-15(19(16)29-21(32)22(25,26)27)28-20(34)18-13(23)4-2-5-14(18)24/h2-7H,8-12H2,1H3,(H,28,34). The van der Waals surface area contributed by atoms with E-state index in [0.717, 1.165) is 4.57 Å². The summed E-state index contributed by atoms with van der Waals surface area (Å²) in [5, 5.41) is 2.73. The second-order valence-corrected chi connectivity index (χ2v) is 8.74. The molecule has 0 bridgehead atoms. The minimum atomic E-state index is -4.81. The first-order chi connectivity index (χ1) is 16.1. The third-order valence-electron chi connectivity index (χ3n) is 5.62. The van der Waals surface area contributed by atoms with Gasteiger partial charge in [-0.05, 0) is 31.3 Å². The van der Waals surface area contributed by atoms with Crippen molar-refractivity contribution >= 4 is 51.7 Å². The fraction of sp³-hybridized carbons (Fsp3) is 0.318. The number of carbonyl (C=O) groups is 2. The zero-order valence-corrected chi connectivity index (χ0v) is 19.5. The highest BCUT2D eigenvalue weighted by molar-refractivity contribution is 6.40. The fourth-order valence-corrected chi connectivity index (χ4v) is 4.38. The third kappa shape index (κ3) is 4.84. The SMILES string of the molecule is CN1CCN(C(=O)Cn2c(C(F)(F)F)nc3c(NC(=O)c4c(Cl)cccc4Cl)cccc32)CC1. The van der Waals surface area contributed by atoms with Gasteiger partial charge in [-0.1, -0.05) is 35.3 Å². The van der Waals surface area contributed by atoms with Crippen LogP contribution in [0.4, 0.5) is 18.9 Å². The highest BCUT2D eigenvalue weighted by atomic mass is 35.5. The van der Waals surface area contributed by atoms with Crippen LogP contribution in [0.15, 0.2) is 36.4 Å². The number of nitrogens with one attached hydrogen (secondary N) is 1. The van der Waals surface area contributed by atoms with Crippen LogP contribution >= 0.6 is 23.2 Å². The predicted octanol–water partition coefficient (Wildman–Crippen LogP) is 4.39. The summed E-state index contributed by atoms with van der Waals surface area (Å²) in [5.41, 5.74) is -0.00581. The van der Waals surface area contributed by atoms with E-state index in [4.69, 9.17) is 23.2 Å². The Bertz CT molecular complexity index is 1230. The highest BCUT2D eigenvalue weighted by Crippen LogP contribution is 2.34. The molecule has 180 valence electrons. The molecule has 1 aliphatic heterocycles. The van der Waals surface area contributed by atoms with Gasteiger partial charge in [0.2, 0.25) is 11.7 Å². The van der Waals surface area contributed by atoms with Crippen LogP contribution < -0.4 is 5.32 Å². The van der Waals surface area contributed by atoms with Gasteiger partial charge in [-0.15, -0.1) is 0 Å². The summed E-state index contributed by atoms with van der Waals surface area (Å²) in [5.74, 6) is -2.35. The molecule has 1 aliphatic rings. The van der Waals surface area contributed by atoms with E-state index in [1.165, 1.54) is 35.2 Å². The lowest BCUT2D eigenvalue weighted by molar-refractivity contribution is -0.148. The Morgan fingerprint density at radius 3 is 2.26 bits per heavy atom. The van der Waals surface area contributed by atoms with Gasteiger partial charge in [0.1, 0.15) is 12.1 Å². The Balaban J connectivity index is 1.71. The zero-order chi connectivity index (χ0) is 24.6. The maximum Gasteiger partial charge on any atom is 0.449 e. The maximum atomic E-state index is 13.9. The van der Waals surface area contributed by atoms with Gasteiger partial charge >= 0.3 is 6.18 Å². The topological polar surface area (TPSA) is 70.5 Å². The molecule has 2 heterocycles. The molecular formula is C22H20Cl2F3N5O2. The molecule has 2 amide bonds. The lowest BCUT2D eigenvalue weighted by atomic mass is 10.2. The minimum absolute atomic E-state index is 0.0106. The normalized spacial score (nSPS) is 15.1. The number of carbonyl (C=O) groups excluding carboxylic acids is 2. The minimum Gasteiger partial charge on any atom is -0.339 e. The Hall–Kier alpha value is -2.82. The van der Waals surface area contributed by atoms with Crippen molar-refractivity contribution in [2.45, 2.75) is 12.7 Å². The summed E-state index contributed by atoms with van der Waals surface area (Å²) in [7, 11) is 1.92. The van der Waals surface area contributed by atoms with Gasteiger partial charge in [0.15, 0.2) is 0 Å². The van der Waals surface area contributed by atoms with Crippen LogP contribution in [0.1, 0.15) is 16.2 Å². The quantitative estimate of drug-likeness (QED) is 0.561. The molecule has 0 unspecified atom stereocenters. The summed E-state index contributed by atoms with van der Waals surface area (Å²) in [6, 6.07) is 8.84. The van der Waals surface area contributed by atoms with E-state index in [-0.39, 0.29) is 32.3 Å². The molecule has 0 radical (unpaired) electrons. The molecule has 0 spiro atoms. The number of amides is 2. The molecule has 0 saturated carbocycles. The smallest absolute Gasteiger partial charge is 0.339 e. The number of hydrogen-bond acceptors (Lipinski definition) is 4. The largest absolute Gasteiger partial charge is 0.449 e. The van der Waals surface area contributed by atoms with Gasteiger partial charge in [-0.25, -0.2) is 4.98 Å². The van der Waals surface area contributed by atoms with Crippen LogP contribution in [0.5, 0.6) is 0 Å². The lowest BCUT2D eigenvalue weighted by Crippen LogP contribution is -2.48. The molecule has 1 aromatic heterocycles. The molecule has 0 atom stereocenters. The highest BCUT2D eigenvalue weighted by Gasteiger charge is 2.39. The summed E-state index contributed by atoms with van der Waals surface area (Å²) in [6.07, 6.45) is -4.81. The second-order valence-electron chi connectivity index (χ2n) is 7.93. The molecular weight excluding hydrogens is 494 g/mol. The number of likely N-dealkylation sites (N-methyl/N-ethyl adjacent to an activating group) is 1. The van der Waals surface area contributed by atoms with Crippen LogP contribution in [0, 0.1) is 0 Å². The van der Waals surface area contributed by atoms with Crippen molar-refractivity contribution in [3.05, 3.63) is 57.8 Å². The lowest BCUT2D eigenvalue weighted by Gasteiger charge is -2.32. The van der Waals surface area contributed by atoms with Gasteiger partial charge in [0, 0.05) is 26.2 Å². The average Bonchev–Trinajstić information content (AvgIpc) is 3.14. The zero-order valence-electron chi connectivity index (χ0n) is 18.0. The van der Waals surface area contributed by atoms with E-state index in [0.29, 0.717) is 26.2 Å². The summed E-state index contributed by atoms with van der Waals surface area (Å²) < 4.78 is 42.4. The van der Waals surface area contributed by atoms with Crippen molar-refractivity contribution in [2.75, 3.05) is 38.5 Å². The van der Waals surface area contributed by atoms with Crippen molar-refractivity contribution in [1.82, 2.24) is 19.4 Å². The second kappa shape index (κ2) is 9.44. The van der Waals surface area contributed by atoms with Crippen LogP contribution in [0.2, 0.25) is 10.0 Å². The maximum absolute atomic E-state index is 13.9. The summed E-state index contributed by atoms with van der Waals surface area (Å²) >= 11 is 12.2. The first-order valence-electron chi connectivity index (χ1n) is 10.3. The predicted molar refractivity (Wildman–Crippen MR) is 123 cm³/mol. The first-order valence-corrected chi connectivity index (χ1v) is 11.1. The van der Waals surface area contributed by atoms with Crippen LogP contribution in [-0.4, -0.2) is 64.4 Å². The molecule has 7 nitrogen and oxygen atoms in total. The van der Waals surface area contributed by atoms with Crippen LogP contribution in [-0.2, 0) is 17.5 Å². The van der Waals surface area contributed by atoms with Gasteiger partial charge in [-0.3, -0.25) is 9.59 Å². The van der Waals surface area contributed by atoms with Gasteiger partial charge in [-0.2, -0.15) is 13.2 Å².